The van der Waals surface area contributed by atoms with E-state index in [-0.39, 0.29) is 0 Å². The van der Waals surface area contributed by atoms with E-state index >= 15 is 0 Å². The quantitative estimate of drug-likeness (QED) is 0.879. The number of nitrogens with one attached hydrogen (secondary N) is 1. The first-order valence-electron chi connectivity index (χ1n) is 7.46. The van der Waals surface area contributed by atoms with Crippen molar-refractivity contribution in [1.82, 2.24) is 10.2 Å². The molecule has 108 valence electrons. The molecule has 3 rings (SSSR count). The van der Waals surface area contributed by atoms with Crippen molar-refractivity contribution < 1.29 is 9.90 Å². The molecule has 1 aromatic carbocycles. The number of aromatic carboxylic acids is 1. The van der Waals surface area contributed by atoms with Gasteiger partial charge in [0.05, 0.1) is 5.56 Å². The fourth-order valence-electron chi connectivity index (χ4n) is 3.84. The highest BCUT2D eigenvalue weighted by Gasteiger charge is 2.42. The molecule has 3 atom stereocenters. The van der Waals surface area contributed by atoms with Crippen LogP contribution in [0.25, 0.3) is 0 Å². The van der Waals surface area contributed by atoms with Crippen LogP contribution in [0.2, 0.25) is 0 Å². The minimum Gasteiger partial charge on any atom is -0.478 e. The molecule has 20 heavy (non-hydrogen) atoms. The number of carbonyl (C=O) groups is 1. The standard InChI is InChI=1S/C16H22N2O2/c1-2-15-14-8-17-7-13(14)10-18(15)9-11-3-5-12(6-4-11)16(19)20/h3-6,13-15,17H,2,7-10H2,1H3,(H,19,20). The predicted molar refractivity (Wildman–Crippen MR) is 77.7 cm³/mol. The third-order valence-electron chi connectivity index (χ3n) is 4.83. The van der Waals surface area contributed by atoms with Crippen LogP contribution in [0.15, 0.2) is 24.3 Å². The van der Waals surface area contributed by atoms with Crippen molar-refractivity contribution in [2.24, 2.45) is 11.8 Å². The summed E-state index contributed by atoms with van der Waals surface area (Å²) in [6.07, 6.45) is 1.19. The van der Waals surface area contributed by atoms with Crippen LogP contribution in [0.3, 0.4) is 0 Å². The molecule has 2 heterocycles. The number of carboxylic acid groups (broad SMARTS) is 1. The number of rotatable bonds is 4. The number of fused-ring (bicyclic) bond motifs is 1. The Bertz CT molecular complexity index is 486. The fraction of sp³-hybridized carbons (Fsp3) is 0.562. The molecule has 0 radical (unpaired) electrons. The van der Waals surface area contributed by atoms with E-state index in [4.69, 9.17) is 5.11 Å². The average Bonchev–Trinajstić information content (AvgIpc) is 2.99. The van der Waals surface area contributed by atoms with Crippen LogP contribution in [0.5, 0.6) is 0 Å². The maximum absolute atomic E-state index is 10.9. The van der Waals surface area contributed by atoms with Gasteiger partial charge in [0.25, 0.3) is 0 Å². The fourth-order valence-corrected chi connectivity index (χ4v) is 3.84. The number of hydrogen-bond acceptors (Lipinski definition) is 3. The Hall–Kier alpha value is -1.39. The van der Waals surface area contributed by atoms with Gasteiger partial charge in [-0.25, -0.2) is 4.79 Å². The van der Waals surface area contributed by atoms with E-state index in [1.807, 2.05) is 12.1 Å². The van der Waals surface area contributed by atoms with Gasteiger partial charge in [0.2, 0.25) is 0 Å². The van der Waals surface area contributed by atoms with Gasteiger partial charge in [-0.05, 0) is 49.0 Å². The Morgan fingerprint density at radius 1 is 1.35 bits per heavy atom. The Morgan fingerprint density at radius 3 is 2.75 bits per heavy atom. The van der Waals surface area contributed by atoms with E-state index in [1.54, 1.807) is 12.1 Å². The largest absolute Gasteiger partial charge is 0.478 e. The minimum atomic E-state index is -0.857. The number of hydrogen-bond donors (Lipinski definition) is 2. The lowest BCUT2D eigenvalue weighted by atomic mass is 9.93. The smallest absolute Gasteiger partial charge is 0.335 e. The van der Waals surface area contributed by atoms with Crippen molar-refractivity contribution in [3.05, 3.63) is 35.4 Å². The molecule has 0 bridgehead atoms. The zero-order chi connectivity index (χ0) is 14.1. The highest BCUT2D eigenvalue weighted by atomic mass is 16.4. The minimum absolute atomic E-state index is 0.364. The highest BCUT2D eigenvalue weighted by Crippen LogP contribution is 2.35. The summed E-state index contributed by atoms with van der Waals surface area (Å²) >= 11 is 0. The molecule has 3 unspecified atom stereocenters. The van der Waals surface area contributed by atoms with Crippen LogP contribution in [-0.2, 0) is 6.54 Å². The molecule has 2 saturated heterocycles. The van der Waals surface area contributed by atoms with Gasteiger partial charge < -0.3 is 10.4 Å². The third kappa shape index (κ3) is 2.45. The normalized spacial score (nSPS) is 29.6. The van der Waals surface area contributed by atoms with Crippen LogP contribution in [0, 0.1) is 11.8 Å². The molecule has 2 fully saturated rings. The van der Waals surface area contributed by atoms with Gasteiger partial charge in [-0.15, -0.1) is 0 Å². The molecule has 0 saturated carbocycles. The van der Waals surface area contributed by atoms with Crippen LogP contribution in [0.1, 0.15) is 29.3 Å². The van der Waals surface area contributed by atoms with Crippen molar-refractivity contribution >= 4 is 5.97 Å². The van der Waals surface area contributed by atoms with E-state index in [0.717, 1.165) is 38.0 Å². The SMILES string of the molecule is CCC1C2CNCC2CN1Cc1ccc(C(=O)O)cc1. The molecule has 4 heteroatoms. The van der Waals surface area contributed by atoms with Crippen LogP contribution in [0.4, 0.5) is 0 Å². The predicted octanol–water partition coefficient (Wildman–Crippen LogP) is 1.81. The molecule has 2 aliphatic rings. The summed E-state index contributed by atoms with van der Waals surface area (Å²) in [7, 11) is 0. The van der Waals surface area contributed by atoms with Crippen LogP contribution < -0.4 is 5.32 Å². The lowest BCUT2D eigenvalue weighted by Gasteiger charge is -2.26. The van der Waals surface area contributed by atoms with E-state index < -0.39 is 5.97 Å². The Kier molecular flexibility index (Phi) is 3.76. The van der Waals surface area contributed by atoms with Crippen molar-refractivity contribution in [3.8, 4) is 0 Å². The van der Waals surface area contributed by atoms with Gasteiger partial charge in [0.15, 0.2) is 0 Å². The van der Waals surface area contributed by atoms with E-state index in [1.165, 1.54) is 12.0 Å². The Balaban J connectivity index is 1.69. The summed E-state index contributed by atoms with van der Waals surface area (Å²) in [5.41, 5.74) is 1.57. The van der Waals surface area contributed by atoms with E-state index in [2.05, 4.69) is 17.1 Å². The summed E-state index contributed by atoms with van der Waals surface area (Å²) in [5, 5.41) is 12.4. The second kappa shape index (κ2) is 5.54. The van der Waals surface area contributed by atoms with Gasteiger partial charge in [-0.2, -0.15) is 0 Å². The molecule has 0 spiro atoms. The first-order chi connectivity index (χ1) is 9.69. The molecule has 0 aromatic heterocycles. The molecule has 0 aliphatic carbocycles. The lowest BCUT2D eigenvalue weighted by Crippen LogP contribution is -2.34. The topological polar surface area (TPSA) is 52.6 Å². The maximum Gasteiger partial charge on any atom is 0.335 e. The van der Waals surface area contributed by atoms with Gasteiger partial charge in [-0.3, -0.25) is 4.90 Å². The molecule has 2 aliphatic heterocycles. The monoisotopic (exact) mass is 274 g/mol. The first-order valence-corrected chi connectivity index (χ1v) is 7.46. The maximum atomic E-state index is 10.9. The van der Waals surface area contributed by atoms with Gasteiger partial charge >= 0.3 is 5.97 Å². The molecular formula is C16H22N2O2. The first kappa shape index (κ1) is 13.6. The molecule has 0 amide bonds. The number of benzene rings is 1. The van der Waals surface area contributed by atoms with Crippen molar-refractivity contribution in [2.75, 3.05) is 19.6 Å². The average molecular weight is 274 g/mol. The van der Waals surface area contributed by atoms with Gasteiger partial charge in [0.1, 0.15) is 0 Å². The summed E-state index contributed by atoms with van der Waals surface area (Å²) in [4.78, 5) is 13.4. The number of likely N-dealkylation sites (tertiary alicyclic amines) is 1. The second-order valence-corrected chi connectivity index (χ2v) is 5.99. The zero-order valence-electron chi connectivity index (χ0n) is 11.9. The molecule has 2 N–H and O–H groups in total. The zero-order valence-corrected chi connectivity index (χ0v) is 11.9. The van der Waals surface area contributed by atoms with Gasteiger partial charge in [-0.1, -0.05) is 19.1 Å². The number of nitrogens with zero attached hydrogens (tertiary/aromatic N) is 1. The second-order valence-electron chi connectivity index (χ2n) is 5.99. The summed E-state index contributed by atoms with van der Waals surface area (Å²) in [6.45, 7) is 6.67. The summed E-state index contributed by atoms with van der Waals surface area (Å²) in [6, 6.07) is 7.97. The molecule has 1 aromatic rings. The van der Waals surface area contributed by atoms with Gasteiger partial charge in [0, 0.05) is 19.1 Å². The van der Waals surface area contributed by atoms with Crippen molar-refractivity contribution in [3.63, 3.8) is 0 Å². The number of carboxylic acids is 1. The van der Waals surface area contributed by atoms with Crippen molar-refractivity contribution in [1.29, 1.82) is 0 Å². The summed E-state index contributed by atoms with van der Waals surface area (Å²) in [5.74, 6) is 0.723. The Morgan fingerprint density at radius 2 is 2.10 bits per heavy atom. The van der Waals surface area contributed by atoms with E-state index in [9.17, 15) is 4.79 Å². The summed E-state index contributed by atoms with van der Waals surface area (Å²) < 4.78 is 0. The third-order valence-corrected chi connectivity index (χ3v) is 4.83. The van der Waals surface area contributed by atoms with Crippen LogP contribution in [-0.4, -0.2) is 41.7 Å². The highest BCUT2D eigenvalue weighted by molar-refractivity contribution is 5.87. The molecule has 4 nitrogen and oxygen atoms in total. The van der Waals surface area contributed by atoms with Crippen LogP contribution >= 0.6 is 0 Å². The van der Waals surface area contributed by atoms with Crippen molar-refractivity contribution in [2.45, 2.75) is 25.9 Å². The lowest BCUT2D eigenvalue weighted by molar-refractivity contribution is 0.0697. The Labute approximate surface area is 119 Å². The van der Waals surface area contributed by atoms with E-state index in [0.29, 0.717) is 11.6 Å². The molecular weight excluding hydrogens is 252 g/mol.